The van der Waals surface area contributed by atoms with Gasteiger partial charge in [0.25, 0.3) is 0 Å². The summed E-state index contributed by atoms with van der Waals surface area (Å²) in [5.74, 6) is 0.984. The van der Waals surface area contributed by atoms with Gasteiger partial charge in [-0.2, -0.15) is 4.98 Å². The molecule has 0 N–H and O–H groups in total. The van der Waals surface area contributed by atoms with Gasteiger partial charge in [-0.05, 0) is 23.8 Å². The molecule has 0 spiro atoms. The van der Waals surface area contributed by atoms with E-state index in [1.165, 1.54) is 0 Å². The van der Waals surface area contributed by atoms with E-state index in [0.717, 1.165) is 22.4 Å². The first-order valence-electron chi connectivity index (χ1n) is 7.51. The van der Waals surface area contributed by atoms with Crippen LogP contribution in [0.5, 0.6) is 0 Å². The molecular formula is C19H13N4O. The van der Waals surface area contributed by atoms with Crippen LogP contribution in [-0.2, 0) is 0 Å². The lowest BCUT2D eigenvalue weighted by Gasteiger charge is -2.05. The number of nitrogens with zero attached hydrogens (tertiary/aromatic N) is 4. The van der Waals surface area contributed by atoms with Crippen LogP contribution in [0.3, 0.4) is 0 Å². The molecule has 3 aromatic heterocycles. The van der Waals surface area contributed by atoms with Gasteiger partial charge in [0.1, 0.15) is 5.69 Å². The van der Waals surface area contributed by atoms with Gasteiger partial charge in [-0.25, -0.2) is 4.98 Å². The van der Waals surface area contributed by atoms with E-state index in [-0.39, 0.29) is 0 Å². The third-order valence-electron chi connectivity index (χ3n) is 3.58. The lowest BCUT2D eigenvalue weighted by atomic mass is 10.0. The van der Waals surface area contributed by atoms with Crippen molar-refractivity contribution in [3.05, 3.63) is 72.9 Å². The number of hydrogen-bond donors (Lipinski definition) is 0. The van der Waals surface area contributed by atoms with Gasteiger partial charge in [-0.15, -0.1) is 0 Å². The Labute approximate surface area is 139 Å². The van der Waals surface area contributed by atoms with Gasteiger partial charge in [-0.1, -0.05) is 41.6 Å². The zero-order valence-corrected chi connectivity index (χ0v) is 13.0. The Balaban J connectivity index is 1.74. The van der Waals surface area contributed by atoms with Crippen molar-refractivity contribution in [2.24, 2.45) is 0 Å². The topological polar surface area (TPSA) is 64.7 Å². The highest BCUT2D eigenvalue weighted by Crippen LogP contribution is 2.25. The summed E-state index contributed by atoms with van der Waals surface area (Å²) < 4.78 is 5.02. The number of pyridine rings is 2. The molecule has 0 saturated carbocycles. The average Bonchev–Trinajstić information content (AvgIpc) is 3.09. The van der Waals surface area contributed by atoms with Crippen molar-refractivity contribution >= 4 is 0 Å². The minimum Gasteiger partial charge on any atom is -0.339 e. The molecule has 5 nitrogen and oxygen atoms in total. The number of aromatic nitrogens is 4. The van der Waals surface area contributed by atoms with Gasteiger partial charge >= 0.3 is 0 Å². The molecule has 1 radical (unpaired) electrons. The minimum absolute atomic E-state index is 0.474. The second-order valence-electron chi connectivity index (χ2n) is 5.29. The maximum Gasteiger partial charge on any atom is 0.223 e. The number of benzene rings is 1. The summed E-state index contributed by atoms with van der Waals surface area (Å²) in [6.07, 6.45) is 4.80. The molecule has 0 aliphatic carbocycles. The lowest BCUT2D eigenvalue weighted by molar-refractivity contribution is 0.394. The van der Waals surface area contributed by atoms with E-state index in [1.807, 2.05) is 54.6 Å². The first kappa shape index (κ1) is 14.3. The second kappa shape index (κ2) is 6.04. The Morgan fingerprint density at radius 1 is 0.875 bits per heavy atom. The minimum atomic E-state index is 0.474. The van der Waals surface area contributed by atoms with Gasteiger partial charge in [0.05, 0.1) is 11.9 Å². The van der Waals surface area contributed by atoms with E-state index in [4.69, 9.17) is 4.52 Å². The summed E-state index contributed by atoms with van der Waals surface area (Å²) in [4.78, 5) is 13.0. The molecule has 0 saturated heterocycles. The summed E-state index contributed by atoms with van der Waals surface area (Å²) in [5, 5.41) is 3.91. The van der Waals surface area contributed by atoms with E-state index in [0.29, 0.717) is 17.4 Å². The van der Waals surface area contributed by atoms with Gasteiger partial charge < -0.3 is 4.52 Å². The van der Waals surface area contributed by atoms with Crippen LogP contribution in [0.1, 0.15) is 5.89 Å². The van der Waals surface area contributed by atoms with Crippen LogP contribution < -0.4 is 0 Å². The zero-order valence-electron chi connectivity index (χ0n) is 13.0. The summed E-state index contributed by atoms with van der Waals surface area (Å²) in [6, 6.07) is 17.8. The monoisotopic (exact) mass is 313 g/mol. The highest BCUT2D eigenvalue weighted by atomic mass is 16.5. The highest BCUT2D eigenvalue weighted by molar-refractivity contribution is 5.70. The summed E-state index contributed by atoms with van der Waals surface area (Å²) >= 11 is 0. The van der Waals surface area contributed by atoms with E-state index in [1.54, 1.807) is 13.1 Å². The second-order valence-corrected chi connectivity index (χ2v) is 5.29. The fourth-order valence-electron chi connectivity index (χ4n) is 2.43. The Morgan fingerprint density at radius 3 is 2.50 bits per heavy atom. The molecule has 0 aliphatic heterocycles. The maximum absolute atomic E-state index is 5.02. The average molecular weight is 313 g/mol. The zero-order chi connectivity index (χ0) is 16.4. The fourth-order valence-corrected chi connectivity index (χ4v) is 2.43. The Kier molecular flexibility index (Phi) is 3.59. The Morgan fingerprint density at radius 2 is 1.71 bits per heavy atom. The van der Waals surface area contributed by atoms with Crippen molar-refractivity contribution in [1.82, 2.24) is 20.1 Å². The molecule has 4 aromatic rings. The van der Waals surface area contributed by atoms with Crippen LogP contribution in [0, 0.1) is 13.1 Å². The quantitative estimate of drug-likeness (QED) is 0.572. The van der Waals surface area contributed by atoms with Crippen molar-refractivity contribution in [1.29, 1.82) is 0 Å². The van der Waals surface area contributed by atoms with Crippen LogP contribution in [0.25, 0.3) is 33.9 Å². The smallest absolute Gasteiger partial charge is 0.223 e. The number of hydrogen-bond acceptors (Lipinski definition) is 5. The van der Waals surface area contributed by atoms with Crippen LogP contribution in [0.2, 0.25) is 0 Å². The molecule has 115 valence electrons. The van der Waals surface area contributed by atoms with E-state index >= 15 is 0 Å². The van der Waals surface area contributed by atoms with E-state index < -0.39 is 0 Å². The molecule has 0 atom stereocenters. The standard InChI is InChI=1S/C19H13N4O/c1-13-21-19(23-24-13)18-9-5-8-17(22-18)16-10-15(11-20-12-16)14-6-3-2-4-7-14/h2-11H,1H3. The molecule has 0 fully saturated rings. The van der Waals surface area contributed by atoms with Gasteiger partial charge in [0.2, 0.25) is 11.7 Å². The van der Waals surface area contributed by atoms with Gasteiger partial charge in [0, 0.05) is 24.2 Å². The fraction of sp³-hybridized carbons (Fsp3) is 0.0526. The van der Waals surface area contributed by atoms with Gasteiger partial charge in [0.15, 0.2) is 0 Å². The van der Waals surface area contributed by atoms with Crippen molar-refractivity contribution in [3.63, 3.8) is 0 Å². The van der Waals surface area contributed by atoms with Crippen molar-refractivity contribution < 1.29 is 4.52 Å². The van der Waals surface area contributed by atoms with Crippen LogP contribution in [-0.4, -0.2) is 20.1 Å². The number of aryl methyl sites for hydroxylation is 1. The third-order valence-corrected chi connectivity index (χ3v) is 3.58. The van der Waals surface area contributed by atoms with Crippen LogP contribution >= 0.6 is 0 Å². The van der Waals surface area contributed by atoms with Crippen molar-refractivity contribution in [2.45, 2.75) is 6.92 Å². The van der Waals surface area contributed by atoms with Crippen LogP contribution in [0.4, 0.5) is 0 Å². The highest BCUT2D eigenvalue weighted by Gasteiger charge is 2.10. The first-order valence-corrected chi connectivity index (χ1v) is 7.51. The predicted octanol–water partition coefficient (Wildman–Crippen LogP) is 3.97. The summed E-state index contributed by atoms with van der Waals surface area (Å²) in [6.45, 7) is 1.75. The molecule has 0 aliphatic rings. The van der Waals surface area contributed by atoms with E-state index in [9.17, 15) is 0 Å². The molecule has 1 aromatic carbocycles. The molecular weight excluding hydrogens is 300 g/mol. The molecule has 0 amide bonds. The third kappa shape index (κ3) is 2.79. The molecule has 0 unspecified atom stereocenters. The lowest BCUT2D eigenvalue weighted by Crippen LogP contribution is -1.91. The summed E-state index contributed by atoms with van der Waals surface area (Å²) in [7, 11) is 0. The summed E-state index contributed by atoms with van der Waals surface area (Å²) in [5.41, 5.74) is 4.36. The number of rotatable bonds is 3. The first-order chi connectivity index (χ1) is 11.8. The predicted molar refractivity (Wildman–Crippen MR) is 89.8 cm³/mol. The normalized spacial score (nSPS) is 10.7. The van der Waals surface area contributed by atoms with Crippen molar-refractivity contribution in [2.75, 3.05) is 0 Å². The SMILES string of the molecule is Cc1nc(-c2cccc(-c3[c]ncc(-c4ccccc4)c3)n2)no1. The van der Waals surface area contributed by atoms with Crippen molar-refractivity contribution in [3.8, 4) is 33.9 Å². The maximum atomic E-state index is 5.02. The largest absolute Gasteiger partial charge is 0.339 e. The Bertz CT molecular complexity index is 979. The Hall–Kier alpha value is -3.34. The molecule has 24 heavy (non-hydrogen) atoms. The van der Waals surface area contributed by atoms with E-state index in [2.05, 4.69) is 26.3 Å². The molecule has 4 rings (SSSR count). The molecule has 3 heterocycles. The molecule has 0 bridgehead atoms. The molecule has 5 heteroatoms. The van der Waals surface area contributed by atoms with Gasteiger partial charge in [-0.3, -0.25) is 4.98 Å². The van der Waals surface area contributed by atoms with Crippen LogP contribution in [0.15, 0.2) is 65.3 Å².